The molecule has 1 amide bonds. The van der Waals surface area contributed by atoms with Gasteiger partial charge in [0.05, 0.1) is 42.1 Å². The third-order valence-corrected chi connectivity index (χ3v) is 7.90. The van der Waals surface area contributed by atoms with E-state index in [4.69, 9.17) is 23.2 Å². The molecule has 2 fully saturated rings. The Morgan fingerprint density at radius 3 is 2.80 bits per heavy atom. The van der Waals surface area contributed by atoms with Crippen molar-refractivity contribution in [2.24, 2.45) is 0 Å². The topological polar surface area (TPSA) is 73.6 Å². The van der Waals surface area contributed by atoms with Gasteiger partial charge in [-0.3, -0.25) is 4.79 Å². The molecule has 2 aliphatic rings. The average Bonchev–Trinajstić information content (AvgIpc) is 3.31. The molecule has 0 unspecified atom stereocenters. The van der Waals surface area contributed by atoms with Gasteiger partial charge in [-0.15, -0.1) is 0 Å². The van der Waals surface area contributed by atoms with Crippen LogP contribution in [0, 0.1) is 0 Å². The number of aliphatic hydroxyl groups excluding tert-OH is 1. The van der Waals surface area contributed by atoms with E-state index < -0.39 is 0 Å². The molecule has 7 nitrogen and oxygen atoms in total. The summed E-state index contributed by atoms with van der Waals surface area (Å²) in [6.45, 7) is 4.82. The van der Waals surface area contributed by atoms with Gasteiger partial charge in [0, 0.05) is 35.4 Å². The standard InChI is InChI=1S/C26H31Cl2N5O2/c1-17(21-7-5-18(27)12-22(21)28)33-16-30-23-8-6-19(13-25(23)33)31-10-11-32(20(14-31)15-34)26(35)24-4-2-3-9-29-24/h5-8,12-13,16-17,20,24,29,34H,2-4,9-11,14-15H2,1H3/t17-,20+,24-/m1/s1. The number of rotatable bonds is 5. The lowest BCUT2D eigenvalue weighted by atomic mass is 10.0. The van der Waals surface area contributed by atoms with Crippen LogP contribution in [0.25, 0.3) is 11.0 Å². The molecule has 5 rings (SSSR count). The lowest BCUT2D eigenvalue weighted by Crippen LogP contribution is -2.60. The number of carbonyl (C=O) groups is 1. The fourth-order valence-corrected chi connectivity index (χ4v) is 5.88. The molecule has 9 heteroatoms. The number of amides is 1. The zero-order chi connectivity index (χ0) is 24.5. The predicted octanol–water partition coefficient (Wildman–Crippen LogP) is 4.10. The first-order valence-electron chi connectivity index (χ1n) is 12.3. The van der Waals surface area contributed by atoms with E-state index in [1.807, 2.05) is 29.4 Å². The van der Waals surface area contributed by atoms with Crippen LogP contribution in [0.3, 0.4) is 0 Å². The second kappa shape index (κ2) is 10.3. The number of aromatic nitrogens is 2. The highest BCUT2D eigenvalue weighted by atomic mass is 35.5. The van der Waals surface area contributed by atoms with Gasteiger partial charge in [-0.1, -0.05) is 35.7 Å². The molecular weight excluding hydrogens is 485 g/mol. The first-order chi connectivity index (χ1) is 17.0. The molecule has 3 atom stereocenters. The highest BCUT2D eigenvalue weighted by molar-refractivity contribution is 6.35. The minimum atomic E-state index is -0.229. The van der Waals surface area contributed by atoms with E-state index in [-0.39, 0.29) is 30.6 Å². The summed E-state index contributed by atoms with van der Waals surface area (Å²) in [4.78, 5) is 21.8. The molecule has 0 radical (unpaired) electrons. The maximum atomic E-state index is 13.1. The van der Waals surface area contributed by atoms with Gasteiger partial charge in [0.1, 0.15) is 0 Å². The van der Waals surface area contributed by atoms with Crippen molar-refractivity contribution in [1.82, 2.24) is 19.8 Å². The van der Waals surface area contributed by atoms with Crippen LogP contribution in [-0.4, -0.2) is 70.3 Å². The Kier molecular flexibility index (Phi) is 7.21. The molecule has 35 heavy (non-hydrogen) atoms. The number of imidazole rings is 1. The lowest BCUT2D eigenvalue weighted by Gasteiger charge is -2.43. The number of hydrogen-bond acceptors (Lipinski definition) is 5. The number of piperazine rings is 1. The number of carbonyl (C=O) groups excluding carboxylic acids is 1. The maximum Gasteiger partial charge on any atom is 0.240 e. The van der Waals surface area contributed by atoms with Crippen molar-refractivity contribution in [3.63, 3.8) is 0 Å². The minimum Gasteiger partial charge on any atom is -0.394 e. The number of halogens is 2. The zero-order valence-corrected chi connectivity index (χ0v) is 21.3. The van der Waals surface area contributed by atoms with Crippen LogP contribution >= 0.6 is 23.2 Å². The van der Waals surface area contributed by atoms with Crippen molar-refractivity contribution in [3.05, 3.63) is 58.3 Å². The first kappa shape index (κ1) is 24.4. The van der Waals surface area contributed by atoms with Gasteiger partial charge in [0.2, 0.25) is 5.91 Å². The normalized spacial score (nSPS) is 21.9. The van der Waals surface area contributed by atoms with Crippen molar-refractivity contribution < 1.29 is 9.90 Å². The van der Waals surface area contributed by atoms with Crippen LogP contribution in [0.5, 0.6) is 0 Å². The SMILES string of the molecule is C[C@H](c1ccc(Cl)cc1Cl)n1cnc2ccc(N3CCN(C(=O)[C@H]4CCCCN4)[C@H](CO)C3)cc21. The number of benzene rings is 2. The number of anilines is 1. The quantitative estimate of drug-likeness (QED) is 0.534. The summed E-state index contributed by atoms with van der Waals surface area (Å²) >= 11 is 12.6. The van der Waals surface area contributed by atoms with Crippen LogP contribution in [-0.2, 0) is 4.79 Å². The van der Waals surface area contributed by atoms with Crippen LogP contribution in [0.15, 0.2) is 42.7 Å². The second-order valence-corrected chi connectivity index (χ2v) is 10.3. The largest absolute Gasteiger partial charge is 0.394 e. The van der Waals surface area contributed by atoms with Crippen molar-refractivity contribution in [2.75, 3.05) is 37.7 Å². The number of nitrogens with one attached hydrogen (secondary N) is 1. The van der Waals surface area contributed by atoms with Gasteiger partial charge < -0.3 is 24.8 Å². The molecule has 2 aromatic carbocycles. The van der Waals surface area contributed by atoms with Crippen molar-refractivity contribution in [1.29, 1.82) is 0 Å². The van der Waals surface area contributed by atoms with Gasteiger partial charge in [-0.2, -0.15) is 0 Å². The molecule has 186 valence electrons. The van der Waals surface area contributed by atoms with Crippen LogP contribution in [0.2, 0.25) is 10.0 Å². The van der Waals surface area contributed by atoms with E-state index in [9.17, 15) is 9.90 Å². The summed E-state index contributed by atoms with van der Waals surface area (Å²) < 4.78 is 2.12. The average molecular weight is 516 g/mol. The Bertz CT molecular complexity index is 1210. The molecule has 1 aromatic heterocycles. The van der Waals surface area contributed by atoms with Crippen LogP contribution in [0.4, 0.5) is 5.69 Å². The van der Waals surface area contributed by atoms with Gasteiger partial charge in [0.15, 0.2) is 0 Å². The molecule has 2 saturated heterocycles. The smallest absolute Gasteiger partial charge is 0.240 e. The predicted molar refractivity (Wildman–Crippen MR) is 140 cm³/mol. The number of piperidine rings is 1. The minimum absolute atomic E-state index is 0.0253. The molecular formula is C26H31Cl2N5O2. The number of hydrogen-bond donors (Lipinski definition) is 2. The number of nitrogens with zero attached hydrogens (tertiary/aromatic N) is 4. The molecule has 0 saturated carbocycles. The Hall–Kier alpha value is -2.32. The van der Waals surface area contributed by atoms with E-state index in [1.165, 1.54) is 0 Å². The van der Waals surface area contributed by atoms with E-state index in [0.29, 0.717) is 29.7 Å². The lowest BCUT2D eigenvalue weighted by molar-refractivity contribution is -0.137. The summed E-state index contributed by atoms with van der Waals surface area (Å²) in [5.41, 5.74) is 3.94. The summed E-state index contributed by atoms with van der Waals surface area (Å²) in [6.07, 6.45) is 4.89. The fourth-order valence-electron chi connectivity index (χ4n) is 5.31. The molecule has 2 aliphatic heterocycles. The summed E-state index contributed by atoms with van der Waals surface area (Å²) in [5.74, 6) is 0.116. The third-order valence-electron chi connectivity index (χ3n) is 7.34. The zero-order valence-electron chi connectivity index (χ0n) is 19.8. The maximum absolute atomic E-state index is 13.1. The van der Waals surface area contributed by atoms with E-state index in [2.05, 4.69) is 38.8 Å². The highest BCUT2D eigenvalue weighted by Gasteiger charge is 2.34. The van der Waals surface area contributed by atoms with E-state index >= 15 is 0 Å². The summed E-state index contributed by atoms with van der Waals surface area (Å²) in [5, 5.41) is 14.7. The van der Waals surface area contributed by atoms with Crippen LogP contribution in [0.1, 0.15) is 37.8 Å². The van der Waals surface area contributed by atoms with Gasteiger partial charge in [-0.25, -0.2) is 4.98 Å². The molecule has 0 spiro atoms. The van der Waals surface area contributed by atoms with Gasteiger partial charge in [0.25, 0.3) is 0 Å². The Labute approximate surface area is 215 Å². The third kappa shape index (κ3) is 4.87. The van der Waals surface area contributed by atoms with Crippen molar-refractivity contribution in [3.8, 4) is 0 Å². The highest BCUT2D eigenvalue weighted by Crippen LogP contribution is 2.32. The van der Waals surface area contributed by atoms with Gasteiger partial charge in [-0.05, 0) is 62.2 Å². The molecule has 0 bridgehead atoms. The molecule has 3 heterocycles. The monoisotopic (exact) mass is 515 g/mol. The van der Waals surface area contributed by atoms with Crippen molar-refractivity contribution >= 4 is 45.8 Å². The fraction of sp³-hybridized carbons (Fsp3) is 0.462. The first-order valence-corrected chi connectivity index (χ1v) is 13.0. The molecule has 3 aromatic rings. The van der Waals surface area contributed by atoms with E-state index in [1.54, 1.807) is 6.07 Å². The number of aliphatic hydroxyl groups is 1. The van der Waals surface area contributed by atoms with E-state index in [0.717, 1.165) is 48.1 Å². The Balaban J connectivity index is 1.37. The second-order valence-electron chi connectivity index (χ2n) is 9.48. The Morgan fingerprint density at radius 1 is 1.20 bits per heavy atom. The van der Waals surface area contributed by atoms with Gasteiger partial charge >= 0.3 is 0 Å². The number of fused-ring (bicyclic) bond motifs is 1. The van der Waals surface area contributed by atoms with Crippen LogP contribution < -0.4 is 10.2 Å². The Morgan fingerprint density at radius 2 is 2.06 bits per heavy atom. The molecule has 0 aliphatic carbocycles. The molecule has 2 N–H and O–H groups in total. The van der Waals surface area contributed by atoms with Crippen molar-refractivity contribution in [2.45, 2.75) is 44.3 Å². The summed E-state index contributed by atoms with van der Waals surface area (Å²) in [7, 11) is 0. The summed E-state index contributed by atoms with van der Waals surface area (Å²) in [6, 6.07) is 11.4.